The van der Waals surface area contributed by atoms with Gasteiger partial charge in [-0.15, -0.1) is 0 Å². The molecule has 0 radical (unpaired) electrons. The van der Waals surface area contributed by atoms with Crippen LogP contribution >= 0.6 is 0 Å². The van der Waals surface area contributed by atoms with Crippen LogP contribution in [0.25, 0.3) is 0 Å². The van der Waals surface area contributed by atoms with Gasteiger partial charge in [-0.05, 0) is 51.4 Å². The molecule has 0 spiro atoms. The summed E-state index contributed by atoms with van der Waals surface area (Å²) in [6.45, 7) is 3.83. The molecule has 12 heavy (non-hydrogen) atoms. The molecule has 0 saturated heterocycles. The minimum Gasteiger partial charge on any atom is -0.390 e. The van der Waals surface area contributed by atoms with E-state index in [-0.39, 0.29) is 0 Å². The summed E-state index contributed by atoms with van der Waals surface area (Å²) < 4.78 is 0. The molecular formula is C10H18O2. The second kappa shape index (κ2) is 2.24. The summed E-state index contributed by atoms with van der Waals surface area (Å²) in [5.41, 5.74) is -1.02. The highest BCUT2D eigenvalue weighted by molar-refractivity contribution is 5.05. The maximum absolute atomic E-state index is 9.99. The van der Waals surface area contributed by atoms with E-state index in [1.54, 1.807) is 0 Å². The molecule has 70 valence electrons. The van der Waals surface area contributed by atoms with Crippen LogP contribution in [-0.4, -0.2) is 21.4 Å². The van der Waals surface area contributed by atoms with Gasteiger partial charge in [-0.2, -0.15) is 0 Å². The van der Waals surface area contributed by atoms with Crippen LogP contribution in [0.4, 0.5) is 0 Å². The Hall–Kier alpha value is -0.0800. The lowest BCUT2D eigenvalue weighted by Crippen LogP contribution is -2.34. The fourth-order valence-corrected chi connectivity index (χ4v) is 3.16. The molecule has 2 aliphatic carbocycles. The smallest absolute Gasteiger partial charge is 0.0651 e. The lowest BCUT2D eigenvalue weighted by molar-refractivity contribution is -0.0116. The molecule has 2 saturated carbocycles. The average molecular weight is 170 g/mol. The molecule has 0 aliphatic heterocycles. The van der Waals surface area contributed by atoms with Gasteiger partial charge in [-0.3, -0.25) is 0 Å². The van der Waals surface area contributed by atoms with Crippen LogP contribution in [0, 0.1) is 11.8 Å². The predicted molar refractivity (Wildman–Crippen MR) is 46.7 cm³/mol. The van der Waals surface area contributed by atoms with Gasteiger partial charge in [0.2, 0.25) is 0 Å². The Labute approximate surface area is 73.6 Å². The molecule has 2 nitrogen and oxygen atoms in total. The zero-order valence-corrected chi connectivity index (χ0v) is 7.88. The van der Waals surface area contributed by atoms with Crippen molar-refractivity contribution >= 4 is 0 Å². The topological polar surface area (TPSA) is 40.5 Å². The highest BCUT2D eigenvalue weighted by Crippen LogP contribution is 2.53. The molecule has 2 heteroatoms. The third-order valence-electron chi connectivity index (χ3n) is 4.01. The summed E-state index contributed by atoms with van der Waals surface area (Å²) in [5, 5.41) is 20.0. The highest BCUT2D eigenvalue weighted by atomic mass is 16.3. The van der Waals surface area contributed by atoms with Crippen LogP contribution < -0.4 is 0 Å². The van der Waals surface area contributed by atoms with Crippen molar-refractivity contribution in [1.82, 2.24) is 0 Å². The Morgan fingerprint density at radius 1 is 0.917 bits per heavy atom. The van der Waals surface area contributed by atoms with E-state index in [4.69, 9.17) is 0 Å². The molecule has 0 aromatic rings. The van der Waals surface area contributed by atoms with Gasteiger partial charge in [-0.25, -0.2) is 0 Å². The van der Waals surface area contributed by atoms with Crippen LogP contribution in [0.3, 0.4) is 0 Å². The van der Waals surface area contributed by atoms with E-state index in [2.05, 4.69) is 0 Å². The molecule has 2 aliphatic rings. The van der Waals surface area contributed by atoms with Crippen LogP contribution in [0.15, 0.2) is 0 Å². The van der Waals surface area contributed by atoms with Gasteiger partial charge in [0.15, 0.2) is 0 Å². The molecule has 0 unspecified atom stereocenters. The third kappa shape index (κ3) is 1.01. The highest BCUT2D eigenvalue weighted by Gasteiger charge is 2.54. The molecule has 0 aromatic heterocycles. The van der Waals surface area contributed by atoms with Crippen molar-refractivity contribution < 1.29 is 10.2 Å². The lowest BCUT2D eigenvalue weighted by Gasteiger charge is -2.27. The Morgan fingerprint density at radius 3 is 1.58 bits per heavy atom. The zero-order chi connectivity index (χ0) is 8.98. The van der Waals surface area contributed by atoms with Gasteiger partial charge in [0.25, 0.3) is 0 Å². The summed E-state index contributed by atoms with van der Waals surface area (Å²) >= 11 is 0. The summed E-state index contributed by atoms with van der Waals surface area (Å²) in [6.07, 6.45) is 3.70. The predicted octanol–water partition coefficient (Wildman–Crippen LogP) is 1.31. The summed E-state index contributed by atoms with van der Waals surface area (Å²) in [7, 11) is 0. The van der Waals surface area contributed by atoms with E-state index in [1.807, 2.05) is 13.8 Å². The second-order valence-corrected chi connectivity index (χ2v) is 5.00. The van der Waals surface area contributed by atoms with Gasteiger partial charge in [0.1, 0.15) is 0 Å². The maximum Gasteiger partial charge on any atom is 0.0651 e. The van der Waals surface area contributed by atoms with Gasteiger partial charge in [0.05, 0.1) is 11.2 Å². The molecule has 4 atom stereocenters. The van der Waals surface area contributed by atoms with Gasteiger partial charge >= 0.3 is 0 Å². The van der Waals surface area contributed by atoms with E-state index in [1.165, 1.54) is 0 Å². The summed E-state index contributed by atoms with van der Waals surface area (Å²) in [6, 6.07) is 0. The number of rotatable bonds is 0. The maximum atomic E-state index is 9.99. The van der Waals surface area contributed by atoms with E-state index in [0.29, 0.717) is 11.8 Å². The van der Waals surface area contributed by atoms with Crippen molar-refractivity contribution in [2.75, 3.05) is 0 Å². The first kappa shape index (κ1) is 8.52. The quantitative estimate of drug-likeness (QED) is 0.575. The van der Waals surface area contributed by atoms with Crippen LogP contribution in [0.5, 0.6) is 0 Å². The standard InChI is InChI=1S/C10H18O2/c1-9(11)5-3-8-7(9)4-6-10(8,2)12/h7-8,11-12H,3-6H2,1-2H3/t7-,8-,9+,10+/m1/s1. The fourth-order valence-electron chi connectivity index (χ4n) is 3.16. The Kier molecular flexibility index (Phi) is 1.59. The molecule has 2 rings (SSSR count). The van der Waals surface area contributed by atoms with Gasteiger partial charge in [0, 0.05) is 0 Å². The van der Waals surface area contributed by atoms with Crippen molar-refractivity contribution in [3.63, 3.8) is 0 Å². The molecule has 2 fully saturated rings. The van der Waals surface area contributed by atoms with Crippen molar-refractivity contribution in [3.8, 4) is 0 Å². The van der Waals surface area contributed by atoms with E-state index in [9.17, 15) is 10.2 Å². The SMILES string of the molecule is C[C@]1(O)CC[C@@H]2[C@H]1CC[C@]2(C)O. The average Bonchev–Trinajstić information content (AvgIpc) is 2.36. The molecule has 0 aromatic carbocycles. The van der Waals surface area contributed by atoms with Crippen molar-refractivity contribution in [3.05, 3.63) is 0 Å². The van der Waals surface area contributed by atoms with E-state index in [0.717, 1.165) is 25.7 Å². The summed E-state index contributed by atoms with van der Waals surface area (Å²) in [5.74, 6) is 0.681. The first-order valence-electron chi connectivity index (χ1n) is 4.88. The van der Waals surface area contributed by atoms with E-state index >= 15 is 0 Å². The number of hydrogen-bond acceptors (Lipinski definition) is 2. The second-order valence-electron chi connectivity index (χ2n) is 5.00. The Balaban J connectivity index is 2.23. The minimum absolute atomic E-state index is 0.340. The number of fused-ring (bicyclic) bond motifs is 1. The number of aliphatic hydroxyl groups is 2. The Bertz CT molecular complexity index is 174. The van der Waals surface area contributed by atoms with Crippen LogP contribution in [0.1, 0.15) is 39.5 Å². The zero-order valence-electron chi connectivity index (χ0n) is 7.88. The van der Waals surface area contributed by atoms with Gasteiger partial charge < -0.3 is 10.2 Å². The normalized spacial score (nSPS) is 59.0. The monoisotopic (exact) mass is 170 g/mol. The number of hydrogen-bond donors (Lipinski definition) is 2. The minimum atomic E-state index is -0.509. The first-order chi connectivity index (χ1) is 5.43. The Morgan fingerprint density at radius 2 is 1.25 bits per heavy atom. The first-order valence-corrected chi connectivity index (χ1v) is 4.88. The lowest BCUT2D eigenvalue weighted by atomic mass is 9.86. The van der Waals surface area contributed by atoms with Crippen LogP contribution in [0.2, 0.25) is 0 Å². The van der Waals surface area contributed by atoms with Crippen molar-refractivity contribution in [1.29, 1.82) is 0 Å². The van der Waals surface area contributed by atoms with Crippen molar-refractivity contribution in [2.24, 2.45) is 11.8 Å². The molecule has 0 amide bonds. The van der Waals surface area contributed by atoms with Crippen LogP contribution in [-0.2, 0) is 0 Å². The van der Waals surface area contributed by atoms with Crippen molar-refractivity contribution in [2.45, 2.75) is 50.7 Å². The fraction of sp³-hybridized carbons (Fsp3) is 1.00. The summed E-state index contributed by atoms with van der Waals surface area (Å²) in [4.78, 5) is 0. The van der Waals surface area contributed by atoms with E-state index < -0.39 is 11.2 Å². The van der Waals surface area contributed by atoms with Gasteiger partial charge in [-0.1, -0.05) is 0 Å². The molecular weight excluding hydrogens is 152 g/mol. The molecule has 0 bridgehead atoms. The third-order valence-corrected chi connectivity index (χ3v) is 4.01. The largest absolute Gasteiger partial charge is 0.390 e. The molecule has 2 N–H and O–H groups in total. The molecule has 0 heterocycles.